The highest BCUT2D eigenvalue weighted by molar-refractivity contribution is 5.88. The molecule has 64 valence electrons. The van der Waals surface area contributed by atoms with E-state index >= 15 is 0 Å². The average molecular weight is 167 g/mol. The number of hydrogen-bond acceptors (Lipinski definition) is 2. The minimum absolute atomic E-state index is 0.170. The molecule has 0 saturated heterocycles. The van der Waals surface area contributed by atoms with E-state index in [9.17, 15) is 9.59 Å². The second kappa shape index (κ2) is 3.08. The summed E-state index contributed by atoms with van der Waals surface area (Å²) < 4.78 is 0. The third-order valence-electron chi connectivity index (χ3n) is 1.45. The molecule has 0 radical (unpaired) electrons. The maximum atomic E-state index is 10.8. The lowest BCUT2D eigenvalue weighted by atomic mass is 10.4. The highest BCUT2D eigenvalue weighted by Gasteiger charge is 2.05. The Morgan fingerprint density at radius 2 is 2.33 bits per heavy atom. The number of rotatable bonds is 1. The number of hydrogen-bond donors (Lipinski definition) is 2. The summed E-state index contributed by atoms with van der Waals surface area (Å²) in [6, 6.07) is 2.04. The van der Waals surface area contributed by atoms with Crippen molar-refractivity contribution in [1.29, 1.82) is 0 Å². The van der Waals surface area contributed by atoms with Crippen LogP contribution in [-0.4, -0.2) is 18.1 Å². The van der Waals surface area contributed by atoms with Crippen molar-refractivity contribution >= 4 is 11.8 Å². The van der Waals surface area contributed by atoms with Crippen LogP contribution in [0.5, 0.6) is 0 Å². The Morgan fingerprint density at radius 3 is 2.83 bits per heavy atom. The van der Waals surface area contributed by atoms with Crippen LogP contribution in [-0.2, 0) is 0 Å². The zero-order chi connectivity index (χ0) is 9.14. The Kier molecular flexibility index (Phi) is 2.14. The number of nitrogens with two attached hydrogens (primary N) is 1. The van der Waals surface area contributed by atoms with Crippen LogP contribution in [0, 0.1) is 0 Å². The number of primary amides is 1. The van der Waals surface area contributed by atoms with Gasteiger partial charge in [-0.1, -0.05) is 0 Å². The van der Waals surface area contributed by atoms with E-state index in [4.69, 9.17) is 5.73 Å². The van der Waals surface area contributed by atoms with E-state index < -0.39 is 6.03 Å². The zero-order valence-electron chi connectivity index (χ0n) is 6.57. The van der Waals surface area contributed by atoms with Gasteiger partial charge in [-0.3, -0.25) is 9.69 Å². The first-order chi connectivity index (χ1) is 5.61. The molecule has 1 heterocycles. The van der Waals surface area contributed by atoms with Gasteiger partial charge in [-0.05, 0) is 0 Å². The maximum absolute atomic E-state index is 10.8. The van der Waals surface area contributed by atoms with E-state index in [1.54, 1.807) is 0 Å². The Bertz CT molecular complexity index is 345. The van der Waals surface area contributed by atoms with E-state index in [0.29, 0.717) is 5.82 Å². The molecule has 1 aromatic heterocycles. The molecule has 12 heavy (non-hydrogen) atoms. The molecule has 0 aliphatic heterocycles. The Balaban J connectivity index is 3.03. The van der Waals surface area contributed by atoms with Gasteiger partial charge in [0.2, 0.25) is 0 Å². The van der Waals surface area contributed by atoms with Crippen molar-refractivity contribution in [3.8, 4) is 0 Å². The number of nitrogens with zero attached hydrogens (tertiary/aromatic N) is 1. The Labute approximate surface area is 68.8 Å². The SMILES string of the molecule is CN(C(N)=O)c1cc(=O)cc[nH]1. The van der Waals surface area contributed by atoms with Crippen LogP contribution in [0.15, 0.2) is 23.1 Å². The molecule has 5 nitrogen and oxygen atoms in total. The number of carbonyl (C=O) groups excluding carboxylic acids is 1. The monoisotopic (exact) mass is 167 g/mol. The van der Waals surface area contributed by atoms with E-state index in [1.165, 1.54) is 25.4 Å². The fourth-order valence-electron chi connectivity index (χ4n) is 0.746. The fraction of sp³-hybridized carbons (Fsp3) is 0.143. The van der Waals surface area contributed by atoms with Crippen LogP contribution in [0.25, 0.3) is 0 Å². The molecule has 0 unspecified atom stereocenters. The van der Waals surface area contributed by atoms with E-state index in [-0.39, 0.29) is 5.43 Å². The predicted octanol–water partition coefficient (Wildman–Crippen LogP) is -0.110. The number of aromatic nitrogens is 1. The number of urea groups is 1. The first kappa shape index (κ1) is 8.32. The predicted molar refractivity (Wildman–Crippen MR) is 45.0 cm³/mol. The molecule has 1 rings (SSSR count). The molecule has 5 heteroatoms. The largest absolute Gasteiger partial charge is 0.351 e. The number of carbonyl (C=O) groups is 1. The topological polar surface area (TPSA) is 79.2 Å². The molecule has 0 aromatic carbocycles. The summed E-state index contributed by atoms with van der Waals surface area (Å²) in [6.45, 7) is 0. The van der Waals surface area contributed by atoms with Gasteiger partial charge >= 0.3 is 6.03 Å². The van der Waals surface area contributed by atoms with Gasteiger partial charge in [0.05, 0.1) is 0 Å². The molecule has 2 amide bonds. The smallest absolute Gasteiger partial charge is 0.320 e. The van der Waals surface area contributed by atoms with E-state index in [2.05, 4.69) is 4.98 Å². The highest BCUT2D eigenvalue weighted by atomic mass is 16.2. The second-order valence-corrected chi connectivity index (χ2v) is 2.31. The summed E-state index contributed by atoms with van der Waals surface area (Å²) >= 11 is 0. The van der Waals surface area contributed by atoms with Crippen LogP contribution >= 0.6 is 0 Å². The third-order valence-corrected chi connectivity index (χ3v) is 1.45. The number of nitrogens with one attached hydrogen (secondary N) is 1. The summed E-state index contributed by atoms with van der Waals surface area (Å²) in [5.74, 6) is 0.384. The summed E-state index contributed by atoms with van der Waals surface area (Å²) in [6.07, 6.45) is 1.46. The number of amides is 2. The molecule has 3 N–H and O–H groups in total. The summed E-state index contributed by atoms with van der Waals surface area (Å²) in [5.41, 5.74) is 4.81. The summed E-state index contributed by atoms with van der Waals surface area (Å²) in [7, 11) is 1.48. The highest BCUT2D eigenvalue weighted by Crippen LogP contribution is 2.02. The molecule has 1 aromatic rings. The van der Waals surface area contributed by atoms with Crippen LogP contribution in [0.2, 0.25) is 0 Å². The first-order valence-corrected chi connectivity index (χ1v) is 3.33. The van der Waals surface area contributed by atoms with Crippen molar-refractivity contribution in [3.63, 3.8) is 0 Å². The minimum atomic E-state index is -0.614. The van der Waals surface area contributed by atoms with E-state index in [0.717, 1.165) is 4.90 Å². The second-order valence-electron chi connectivity index (χ2n) is 2.31. The van der Waals surface area contributed by atoms with Gasteiger partial charge < -0.3 is 10.7 Å². The molecule has 0 aliphatic carbocycles. The minimum Gasteiger partial charge on any atom is -0.351 e. The lowest BCUT2D eigenvalue weighted by Gasteiger charge is -2.12. The standard InChI is InChI=1S/C7H9N3O2/c1-10(7(8)12)6-4-5(11)2-3-9-6/h2-4H,1H3,(H2,8,12)(H,9,11). The maximum Gasteiger partial charge on any atom is 0.320 e. The molecular formula is C7H9N3O2. The number of anilines is 1. The van der Waals surface area contributed by atoms with Crippen LogP contribution < -0.4 is 16.1 Å². The van der Waals surface area contributed by atoms with Gasteiger partial charge in [0.1, 0.15) is 5.82 Å². The summed E-state index contributed by atoms with van der Waals surface area (Å²) in [5, 5.41) is 0. The number of H-pyrrole nitrogens is 1. The van der Waals surface area contributed by atoms with Crippen LogP contribution in [0.1, 0.15) is 0 Å². The molecule has 0 fully saturated rings. The zero-order valence-corrected chi connectivity index (χ0v) is 6.57. The van der Waals surface area contributed by atoms with Crippen LogP contribution in [0.4, 0.5) is 10.6 Å². The first-order valence-electron chi connectivity index (χ1n) is 3.33. The Morgan fingerprint density at radius 1 is 1.67 bits per heavy atom. The van der Waals surface area contributed by atoms with Gasteiger partial charge in [-0.15, -0.1) is 0 Å². The quantitative estimate of drug-likeness (QED) is 0.612. The molecule has 0 saturated carbocycles. The van der Waals surface area contributed by atoms with Gasteiger partial charge in [0.15, 0.2) is 5.43 Å². The molecular weight excluding hydrogens is 158 g/mol. The lowest BCUT2D eigenvalue weighted by Crippen LogP contribution is -2.32. The molecule has 0 bridgehead atoms. The fourth-order valence-corrected chi connectivity index (χ4v) is 0.746. The number of aromatic amines is 1. The van der Waals surface area contributed by atoms with Crippen molar-refractivity contribution in [2.24, 2.45) is 5.73 Å². The lowest BCUT2D eigenvalue weighted by molar-refractivity contribution is 0.255. The van der Waals surface area contributed by atoms with Crippen molar-refractivity contribution in [3.05, 3.63) is 28.6 Å². The van der Waals surface area contributed by atoms with Gasteiger partial charge in [-0.2, -0.15) is 0 Å². The van der Waals surface area contributed by atoms with Gasteiger partial charge in [0, 0.05) is 25.4 Å². The average Bonchev–Trinajstić information content (AvgIpc) is 2.03. The van der Waals surface area contributed by atoms with Gasteiger partial charge in [-0.25, -0.2) is 4.79 Å². The Hall–Kier alpha value is -1.78. The van der Waals surface area contributed by atoms with Crippen molar-refractivity contribution in [2.45, 2.75) is 0 Å². The number of pyridine rings is 1. The molecule has 0 aliphatic rings. The molecule has 0 atom stereocenters. The summed E-state index contributed by atoms with van der Waals surface area (Å²) in [4.78, 5) is 25.3. The van der Waals surface area contributed by atoms with E-state index in [1.807, 2.05) is 0 Å². The van der Waals surface area contributed by atoms with Gasteiger partial charge in [0.25, 0.3) is 0 Å². The van der Waals surface area contributed by atoms with Crippen LogP contribution in [0.3, 0.4) is 0 Å². The normalized spacial score (nSPS) is 9.42. The van der Waals surface area contributed by atoms with Crippen molar-refractivity contribution in [2.75, 3.05) is 11.9 Å². The molecule has 0 spiro atoms. The van der Waals surface area contributed by atoms with Crippen molar-refractivity contribution in [1.82, 2.24) is 4.98 Å². The third kappa shape index (κ3) is 1.63. The van der Waals surface area contributed by atoms with Crippen molar-refractivity contribution < 1.29 is 4.79 Å².